The topological polar surface area (TPSA) is 68.0 Å². The third-order valence-electron chi connectivity index (χ3n) is 4.96. The van der Waals surface area contributed by atoms with Gasteiger partial charge in [-0.1, -0.05) is 6.42 Å². The zero-order valence-corrected chi connectivity index (χ0v) is 14.5. The Kier molecular flexibility index (Phi) is 7.10. The van der Waals surface area contributed by atoms with Crippen molar-refractivity contribution in [1.82, 2.24) is 10.3 Å². The van der Waals surface area contributed by atoms with Crippen molar-refractivity contribution in [3.8, 4) is 0 Å². The average molecular weight is 346 g/mol. The first-order chi connectivity index (χ1) is 9.65. The van der Waals surface area contributed by atoms with Crippen LogP contribution < -0.4 is 11.1 Å². The highest BCUT2D eigenvalue weighted by molar-refractivity contribution is 5.95. The Hall–Kier alpha value is -0.840. The lowest BCUT2D eigenvalue weighted by Gasteiger charge is -2.45. The fourth-order valence-electron chi connectivity index (χ4n) is 3.96. The number of fused-ring (bicyclic) bond motifs is 2. The van der Waals surface area contributed by atoms with Gasteiger partial charge in [-0.3, -0.25) is 9.78 Å². The van der Waals surface area contributed by atoms with Crippen LogP contribution in [0, 0.1) is 18.8 Å². The van der Waals surface area contributed by atoms with Crippen molar-refractivity contribution in [3.05, 3.63) is 29.6 Å². The Labute approximate surface area is 144 Å². The van der Waals surface area contributed by atoms with E-state index < -0.39 is 0 Å². The van der Waals surface area contributed by atoms with Crippen molar-refractivity contribution in [2.45, 2.75) is 51.1 Å². The fourth-order valence-corrected chi connectivity index (χ4v) is 3.96. The van der Waals surface area contributed by atoms with E-state index in [1.165, 1.54) is 19.3 Å². The van der Waals surface area contributed by atoms with Crippen LogP contribution in [0.5, 0.6) is 0 Å². The van der Waals surface area contributed by atoms with Gasteiger partial charge in [-0.05, 0) is 56.1 Å². The zero-order valence-electron chi connectivity index (χ0n) is 12.8. The standard InChI is InChI=1S/C16H23N3O.2ClH/c1-10-5-6-18-9-14(10)16(20)19-15-11-3-2-4-12(15)8-13(17)7-11;;/h5-6,9,11-13,15H,2-4,7-8,17H2,1H3,(H,19,20);2*1H. The summed E-state index contributed by atoms with van der Waals surface area (Å²) >= 11 is 0. The van der Waals surface area contributed by atoms with Gasteiger partial charge in [0.1, 0.15) is 0 Å². The summed E-state index contributed by atoms with van der Waals surface area (Å²) in [5.74, 6) is 1.13. The Morgan fingerprint density at radius 2 is 1.91 bits per heavy atom. The van der Waals surface area contributed by atoms with Gasteiger partial charge in [0.15, 0.2) is 0 Å². The number of hydrogen-bond donors (Lipinski definition) is 2. The fraction of sp³-hybridized carbons (Fsp3) is 0.625. The molecule has 0 spiro atoms. The second-order valence-electron chi connectivity index (χ2n) is 6.37. The molecule has 1 aromatic heterocycles. The Balaban J connectivity index is 0.00000121. The predicted molar refractivity (Wildman–Crippen MR) is 92.8 cm³/mol. The molecule has 1 amide bonds. The molecule has 2 unspecified atom stereocenters. The molecular formula is C16H25Cl2N3O. The summed E-state index contributed by atoms with van der Waals surface area (Å²) in [5, 5.41) is 3.26. The number of nitrogens with zero attached hydrogens (tertiary/aromatic N) is 1. The normalized spacial score (nSPS) is 29.7. The van der Waals surface area contributed by atoms with Gasteiger partial charge < -0.3 is 11.1 Å². The Morgan fingerprint density at radius 1 is 1.27 bits per heavy atom. The first kappa shape index (κ1) is 19.2. The van der Waals surface area contributed by atoms with Crippen molar-refractivity contribution >= 4 is 30.7 Å². The quantitative estimate of drug-likeness (QED) is 0.865. The van der Waals surface area contributed by atoms with Gasteiger partial charge in [-0.2, -0.15) is 0 Å². The van der Waals surface area contributed by atoms with E-state index in [1.807, 2.05) is 13.0 Å². The van der Waals surface area contributed by atoms with Crippen LogP contribution in [0.3, 0.4) is 0 Å². The maximum Gasteiger partial charge on any atom is 0.253 e. The van der Waals surface area contributed by atoms with Gasteiger partial charge in [0.25, 0.3) is 5.91 Å². The van der Waals surface area contributed by atoms with Crippen molar-refractivity contribution in [2.24, 2.45) is 17.6 Å². The van der Waals surface area contributed by atoms with Gasteiger partial charge in [-0.15, -0.1) is 24.8 Å². The molecule has 2 bridgehead atoms. The monoisotopic (exact) mass is 345 g/mol. The van der Waals surface area contributed by atoms with Crippen LogP contribution in [-0.2, 0) is 0 Å². The second-order valence-corrected chi connectivity index (χ2v) is 6.37. The summed E-state index contributed by atoms with van der Waals surface area (Å²) in [4.78, 5) is 16.5. The summed E-state index contributed by atoms with van der Waals surface area (Å²) in [6.07, 6.45) is 9.15. The first-order valence-corrected chi connectivity index (χ1v) is 7.62. The van der Waals surface area contributed by atoms with Crippen molar-refractivity contribution in [2.75, 3.05) is 0 Å². The summed E-state index contributed by atoms with van der Waals surface area (Å²) in [7, 11) is 0. The second kappa shape index (κ2) is 8.14. The molecule has 0 aliphatic heterocycles. The van der Waals surface area contributed by atoms with Crippen molar-refractivity contribution < 1.29 is 4.79 Å². The van der Waals surface area contributed by atoms with E-state index in [4.69, 9.17) is 5.73 Å². The van der Waals surface area contributed by atoms with Gasteiger partial charge >= 0.3 is 0 Å². The predicted octanol–water partition coefficient (Wildman–Crippen LogP) is 2.87. The number of amides is 1. The minimum atomic E-state index is 0. The molecule has 2 aliphatic rings. The minimum Gasteiger partial charge on any atom is -0.349 e. The van der Waals surface area contributed by atoms with E-state index in [9.17, 15) is 4.79 Å². The maximum absolute atomic E-state index is 12.5. The number of aryl methyl sites for hydroxylation is 1. The molecule has 124 valence electrons. The van der Waals surface area contributed by atoms with Gasteiger partial charge in [0.05, 0.1) is 5.56 Å². The third kappa shape index (κ3) is 3.92. The van der Waals surface area contributed by atoms with Gasteiger partial charge in [0, 0.05) is 24.5 Å². The zero-order chi connectivity index (χ0) is 14.1. The number of hydrogen-bond acceptors (Lipinski definition) is 3. The molecule has 1 heterocycles. The minimum absolute atomic E-state index is 0. The molecule has 4 nitrogen and oxygen atoms in total. The molecule has 0 radical (unpaired) electrons. The molecule has 22 heavy (non-hydrogen) atoms. The Morgan fingerprint density at radius 3 is 2.50 bits per heavy atom. The number of nitrogens with one attached hydrogen (secondary N) is 1. The number of aromatic nitrogens is 1. The number of pyridine rings is 1. The van der Waals surface area contributed by atoms with Crippen LogP contribution in [-0.4, -0.2) is 23.0 Å². The molecule has 3 rings (SSSR count). The molecule has 0 saturated heterocycles. The molecule has 2 saturated carbocycles. The van der Waals surface area contributed by atoms with E-state index in [1.54, 1.807) is 12.4 Å². The number of halogens is 2. The number of rotatable bonds is 2. The highest BCUT2D eigenvalue weighted by atomic mass is 35.5. The lowest BCUT2D eigenvalue weighted by Crippen LogP contribution is -2.53. The van der Waals surface area contributed by atoms with E-state index in [-0.39, 0.29) is 30.7 Å². The highest BCUT2D eigenvalue weighted by Gasteiger charge is 2.40. The SMILES string of the molecule is Cc1ccncc1C(=O)NC1C2CCCC1CC(N)C2.Cl.Cl. The molecule has 2 atom stereocenters. The van der Waals surface area contributed by atoms with Gasteiger partial charge in [0.2, 0.25) is 0 Å². The van der Waals surface area contributed by atoms with Crippen LogP contribution in [0.1, 0.15) is 48.0 Å². The first-order valence-electron chi connectivity index (χ1n) is 7.62. The molecular weight excluding hydrogens is 321 g/mol. The molecule has 2 aliphatic carbocycles. The van der Waals surface area contributed by atoms with Crippen LogP contribution >= 0.6 is 24.8 Å². The van der Waals surface area contributed by atoms with Crippen LogP contribution in [0.4, 0.5) is 0 Å². The lowest BCUT2D eigenvalue weighted by molar-refractivity contribution is 0.0755. The number of nitrogens with two attached hydrogens (primary N) is 1. The Bertz CT molecular complexity index is 498. The molecule has 3 N–H and O–H groups in total. The van der Waals surface area contributed by atoms with E-state index in [2.05, 4.69) is 10.3 Å². The molecule has 1 aromatic rings. The third-order valence-corrected chi connectivity index (χ3v) is 4.96. The molecule has 2 fully saturated rings. The maximum atomic E-state index is 12.5. The van der Waals surface area contributed by atoms with E-state index in [0.29, 0.717) is 29.5 Å². The number of carbonyl (C=O) groups is 1. The molecule has 0 aromatic carbocycles. The van der Waals surface area contributed by atoms with E-state index >= 15 is 0 Å². The summed E-state index contributed by atoms with van der Waals surface area (Å²) < 4.78 is 0. The largest absolute Gasteiger partial charge is 0.349 e. The summed E-state index contributed by atoms with van der Waals surface area (Å²) in [5.41, 5.74) is 7.81. The van der Waals surface area contributed by atoms with Crippen LogP contribution in [0.15, 0.2) is 18.5 Å². The van der Waals surface area contributed by atoms with E-state index in [0.717, 1.165) is 18.4 Å². The summed E-state index contributed by atoms with van der Waals surface area (Å²) in [6.45, 7) is 1.95. The number of carbonyl (C=O) groups excluding carboxylic acids is 1. The molecule has 6 heteroatoms. The lowest BCUT2D eigenvalue weighted by atomic mass is 9.67. The summed E-state index contributed by atoms with van der Waals surface area (Å²) in [6, 6.07) is 2.50. The highest BCUT2D eigenvalue weighted by Crippen LogP contribution is 2.39. The van der Waals surface area contributed by atoms with Gasteiger partial charge in [-0.25, -0.2) is 0 Å². The average Bonchev–Trinajstić information content (AvgIpc) is 2.40. The smallest absolute Gasteiger partial charge is 0.253 e. The van der Waals surface area contributed by atoms with Crippen molar-refractivity contribution in [3.63, 3.8) is 0 Å². The van der Waals surface area contributed by atoms with Crippen LogP contribution in [0.25, 0.3) is 0 Å². The van der Waals surface area contributed by atoms with Crippen molar-refractivity contribution in [1.29, 1.82) is 0 Å². The van der Waals surface area contributed by atoms with Crippen LogP contribution in [0.2, 0.25) is 0 Å².